The summed E-state index contributed by atoms with van der Waals surface area (Å²) in [6.07, 6.45) is 5.91. The molecule has 7 heteroatoms. The van der Waals surface area contributed by atoms with Gasteiger partial charge in [0.05, 0.1) is 27.4 Å². The Balaban J connectivity index is 0.00000338. The molecule has 1 aliphatic carbocycles. The van der Waals surface area contributed by atoms with Gasteiger partial charge in [0, 0.05) is 19.1 Å². The van der Waals surface area contributed by atoms with Gasteiger partial charge in [0.25, 0.3) is 0 Å². The van der Waals surface area contributed by atoms with Gasteiger partial charge in [0.2, 0.25) is 0 Å². The van der Waals surface area contributed by atoms with Crippen LogP contribution in [0.2, 0.25) is 0 Å². The molecule has 3 N–H and O–H groups in total. The second kappa shape index (κ2) is 11.5. The second-order valence-electron chi connectivity index (χ2n) is 6.53. The molecule has 0 aromatic heterocycles. The molecule has 0 heterocycles. The SMILES string of the molecule is COCCNC(N)=NCC1(c2ccc(OC)c(OC)c2)CCCCC1.I. The smallest absolute Gasteiger partial charge is 0.188 e. The van der Waals surface area contributed by atoms with Gasteiger partial charge in [-0.25, -0.2) is 0 Å². The highest BCUT2D eigenvalue weighted by atomic mass is 127. The third kappa shape index (κ3) is 5.90. The molecule has 1 saturated carbocycles. The van der Waals surface area contributed by atoms with Crippen LogP contribution in [0.4, 0.5) is 0 Å². The molecule has 1 aliphatic rings. The number of guanidine groups is 1. The molecule has 26 heavy (non-hydrogen) atoms. The third-order valence-electron chi connectivity index (χ3n) is 4.97. The van der Waals surface area contributed by atoms with E-state index in [2.05, 4.69) is 22.4 Å². The van der Waals surface area contributed by atoms with Crippen LogP contribution in [0.1, 0.15) is 37.7 Å². The van der Waals surface area contributed by atoms with Gasteiger partial charge in [-0.05, 0) is 30.5 Å². The maximum Gasteiger partial charge on any atom is 0.188 e. The summed E-state index contributed by atoms with van der Waals surface area (Å²) in [4.78, 5) is 4.62. The highest BCUT2D eigenvalue weighted by molar-refractivity contribution is 14.0. The molecule has 1 aromatic rings. The quantitative estimate of drug-likeness (QED) is 0.261. The number of rotatable bonds is 8. The Morgan fingerprint density at radius 3 is 2.42 bits per heavy atom. The van der Waals surface area contributed by atoms with E-state index < -0.39 is 0 Å². The lowest BCUT2D eigenvalue weighted by Crippen LogP contribution is -2.38. The molecule has 0 bridgehead atoms. The first-order chi connectivity index (χ1) is 12.1. The maximum atomic E-state index is 6.01. The summed E-state index contributed by atoms with van der Waals surface area (Å²) in [7, 11) is 5.00. The lowest BCUT2D eigenvalue weighted by atomic mass is 9.69. The summed E-state index contributed by atoms with van der Waals surface area (Å²) >= 11 is 0. The largest absolute Gasteiger partial charge is 0.493 e. The molecule has 1 fully saturated rings. The normalized spacial score (nSPS) is 16.5. The average Bonchev–Trinajstić information content (AvgIpc) is 2.66. The number of nitrogens with two attached hydrogens (primary N) is 1. The molecular formula is C19H32IN3O3. The van der Waals surface area contributed by atoms with Crippen LogP contribution in [0.5, 0.6) is 11.5 Å². The van der Waals surface area contributed by atoms with Crippen molar-refractivity contribution < 1.29 is 14.2 Å². The van der Waals surface area contributed by atoms with Gasteiger partial charge in [-0.3, -0.25) is 4.99 Å². The Morgan fingerprint density at radius 2 is 1.81 bits per heavy atom. The van der Waals surface area contributed by atoms with Crippen LogP contribution in [-0.4, -0.2) is 47.0 Å². The van der Waals surface area contributed by atoms with Gasteiger partial charge in [-0.1, -0.05) is 25.3 Å². The molecule has 2 rings (SSSR count). The summed E-state index contributed by atoms with van der Waals surface area (Å²) in [5, 5.41) is 3.09. The Morgan fingerprint density at radius 1 is 1.12 bits per heavy atom. The first-order valence-electron chi connectivity index (χ1n) is 8.90. The number of nitrogens with one attached hydrogen (secondary N) is 1. The summed E-state index contributed by atoms with van der Waals surface area (Å²) in [6.45, 7) is 1.94. The number of hydrogen-bond donors (Lipinski definition) is 2. The van der Waals surface area contributed by atoms with Crippen molar-refractivity contribution in [1.29, 1.82) is 0 Å². The van der Waals surface area contributed by atoms with E-state index in [9.17, 15) is 0 Å². The monoisotopic (exact) mass is 477 g/mol. The van der Waals surface area contributed by atoms with Gasteiger partial charge in [-0.15, -0.1) is 24.0 Å². The Bertz CT molecular complexity index is 575. The lowest BCUT2D eigenvalue weighted by molar-refractivity contribution is 0.204. The van der Waals surface area contributed by atoms with Crippen molar-refractivity contribution in [1.82, 2.24) is 5.32 Å². The number of methoxy groups -OCH3 is 3. The fraction of sp³-hybridized carbons (Fsp3) is 0.632. The molecule has 148 valence electrons. The van der Waals surface area contributed by atoms with E-state index in [1.807, 2.05) is 6.07 Å². The summed E-state index contributed by atoms with van der Waals surface area (Å²) in [6, 6.07) is 6.21. The Labute approximate surface area is 173 Å². The number of nitrogens with zero attached hydrogens (tertiary/aromatic N) is 1. The van der Waals surface area contributed by atoms with Gasteiger partial charge in [-0.2, -0.15) is 0 Å². The summed E-state index contributed by atoms with van der Waals surface area (Å²) in [5.41, 5.74) is 7.26. The first kappa shape index (κ1) is 22.8. The lowest BCUT2D eigenvalue weighted by Gasteiger charge is -2.37. The molecule has 0 radical (unpaired) electrons. The van der Waals surface area contributed by atoms with Gasteiger partial charge >= 0.3 is 0 Å². The highest BCUT2D eigenvalue weighted by Gasteiger charge is 2.34. The predicted molar refractivity (Wildman–Crippen MR) is 116 cm³/mol. The Hall–Kier alpha value is -1.22. The number of ether oxygens (including phenoxy) is 3. The number of halogens is 1. The van der Waals surface area contributed by atoms with Crippen molar-refractivity contribution in [2.45, 2.75) is 37.5 Å². The van der Waals surface area contributed by atoms with E-state index >= 15 is 0 Å². The number of benzene rings is 1. The molecule has 0 saturated heterocycles. The minimum atomic E-state index is 0. The molecule has 0 amide bonds. The standard InChI is InChI=1S/C19H31N3O3.HI/c1-23-12-11-21-18(20)22-14-19(9-5-4-6-10-19)15-7-8-16(24-2)17(13-15)25-3;/h7-8,13H,4-6,9-12,14H2,1-3H3,(H3,20,21,22);1H. The zero-order valence-electron chi connectivity index (χ0n) is 16.0. The summed E-state index contributed by atoms with van der Waals surface area (Å²) in [5.74, 6) is 1.99. The van der Waals surface area contributed by atoms with Gasteiger partial charge in [0.15, 0.2) is 17.5 Å². The predicted octanol–water partition coefficient (Wildman–Crippen LogP) is 3.07. The van der Waals surface area contributed by atoms with Crippen molar-refractivity contribution in [2.75, 3.05) is 41.0 Å². The molecular weight excluding hydrogens is 445 g/mol. The van der Waals surface area contributed by atoms with E-state index in [4.69, 9.17) is 19.9 Å². The molecule has 0 atom stereocenters. The minimum absolute atomic E-state index is 0. The second-order valence-corrected chi connectivity index (χ2v) is 6.53. The van der Waals surface area contributed by atoms with Crippen LogP contribution in [-0.2, 0) is 10.2 Å². The fourth-order valence-electron chi connectivity index (χ4n) is 3.51. The highest BCUT2D eigenvalue weighted by Crippen LogP contribution is 2.42. The molecule has 0 unspecified atom stereocenters. The van der Waals surface area contributed by atoms with Gasteiger partial charge in [0.1, 0.15) is 0 Å². The fourth-order valence-corrected chi connectivity index (χ4v) is 3.51. The van der Waals surface area contributed by atoms with E-state index in [1.54, 1.807) is 21.3 Å². The average molecular weight is 477 g/mol. The third-order valence-corrected chi connectivity index (χ3v) is 4.97. The van der Waals surface area contributed by atoms with Crippen molar-refractivity contribution >= 4 is 29.9 Å². The van der Waals surface area contributed by atoms with E-state index in [1.165, 1.54) is 24.8 Å². The van der Waals surface area contributed by atoms with E-state index in [0.29, 0.717) is 25.7 Å². The molecule has 0 spiro atoms. The first-order valence-corrected chi connectivity index (χ1v) is 8.90. The zero-order valence-corrected chi connectivity index (χ0v) is 18.4. The summed E-state index contributed by atoms with van der Waals surface area (Å²) < 4.78 is 15.9. The Kier molecular flexibility index (Phi) is 10.1. The zero-order chi connectivity index (χ0) is 18.1. The van der Waals surface area contributed by atoms with Crippen molar-refractivity contribution in [2.24, 2.45) is 10.7 Å². The van der Waals surface area contributed by atoms with Crippen LogP contribution in [0, 0.1) is 0 Å². The van der Waals surface area contributed by atoms with Crippen LogP contribution < -0.4 is 20.5 Å². The topological polar surface area (TPSA) is 78.1 Å². The minimum Gasteiger partial charge on any atom is -0.493 e. The van der Waals surface area contributed by atoms with Crippen LogP contribution >= 0.6 is 24.0 Å². The van der Waals surface area contributed by atoms with Crippen LogP contribution in [0.25, 0.3) is 0 Å². The number of hydrogen-bond acceptors (Lipinski definition) is 4. The van der Waals surface area contributed by atoms with Crippen molar-refractivity contribution in [3.63, 3.8) is 0 Å². The van der Waals surface area contributed by atoms with Crippen molar-refractivity contribution in [3.05, 3.63) is 23.8 Å². The maximum absolute atomic E-state index is 6.01. The van der Waals surface area contributed by atoms with E-state index in [-0.39, 0.29) is 29.4 Å². The van der Waals surface area contributed by atoms with Crippen molar-refractivity contribution in [3.8, 4) is 11.5 Å². The van der Waals surface area contributed by atoms with Crippen LogP contribution in [0.15, 0.2) is 23.2 Å². The molecule has 6 nitrogen and oxygen atoms in total. The number of aliphatic imine (C=N–C) groups is 1. The van der Waals surface area contributed by atoms with Crippen LogP contribution in [0.3, 0.4) is 0 Å². The van der Waals surface area contributed by atoms with E-state index in [0.717, 1.165) is 24.3 Å². The molecule has 1 aromatic carbocycles. The molecule has 0 aliphatic heterocycles. The van der Waals surface area contributed by atoms with Gasteiger partial charge < -0.3 is 25.3 Å².